The van der Waals surface area contributed by atoms with E-state index in [1.54, 1.807) is 29.2 Å². The van der Waals surface area contributed by atoms with Gasteiger partial charge in [-0.3, -0.25) is 14.8 Å². The SMILES string of the molecule is Cc1cc(C(=O)Nc2ccc(F)c(C(C)N[C-]=CN=c3cnn(C)[cH-]3)c2)ccc1CN1CCN(C)CC1.[K+]. The fourth-order valence-electron chi connectivity index (χ4n) is 4.24. The van der Waals surface area contributed by atoms with Crippen LogP contribution in [0.5, 0.6) is 0 Å². The molecule has 1 amide bonds. The molecule has 0 aliphatic carbocycles. The molecule has 1 fully saturated rings. The van der Waals surface area contributed by atoms with Crippen molar-refractivity contribution in [1.29, 1.82) is 0 Å². The number of nitrogens with one attached hydrogen (secondary N) is 2. The van der Waals surface area contributed by atoms with E-state index in [0.29, 0.717) is 22.2 Å². The molecule has 1 aromatic heterocycles. The first-order valence-corrected chi connectivity index (χ1v) is 12.4. The number of carbonyl (C=O) groups is 1. The van der Waals surface area contributed by atoms with Gasteiger partial charge in [0.05, 0.1) is 0 Å². The second-order valence-electron chi connectivity index (χ2n) is 9.55. The molecular weight excluding hydrogens is 508 g/mol. The number of piperazine rings is 1. The number of anilines is 1. The van der Waals surface area contributed by atoms with Crippen molar-refractivity contribution in [1.82, 2.24) is 24.9 Å². The van der Waals surface area contributed by atoms with Crippen molar-refractivity contribution in [2.24, 2.45) is 12.0 Å². The molecule has 1 aliphatic heterocycles. The van der Waals surface area contributed by atoms with Crippen LogP contribution in [0, 0.1) is 18.9 Å². The molecule has 2 N–H and O–H groups in total. The zero-order valence-electron chi connectivity index (χ0n) is 22.8. The van der Waals surface area contributed by atoms with Crippen LogP contribution in [0.3, 0.4) is 0 Å². The van der Waals surface area contributed by atoms with E-state index in [2.05, 4.69) is 43.8 Å². The number of rotatable bonds is 8. The molecule has 0 radical (unpaired) electrons. The van der Waals surface area contributed by atoms with Crippen molar-refractivity contribution in [3.63, 3.8) is 0 Å². The molecule has 1 saturated heterocycles. The second-order valence-corrected chi connectivity index (χ2v) is 9.55. The zero-order chi connectivity index (χ0) is 26.4. The average Bonchev–Trinajstić information content (AvgIpc) is 3.30. The van der Waals surface area contributed by atoms with Crippen molar-refractivity contribution in [2.45, 2.75) is 26.4 Å². The minimum absolute atomic E-state index is 0. The van der Waals surface area contributed by atoms with Crippen LogP contribution in [-0.4, -0.2) is 58.7 Å². The fourth-order valence-corrected chi connectivity index (χ4v) is 4.24. The monoisotopic (exact) mass is 542 g/mol. The number of aromatic nitrogens is 2. The van der Waals surface area contributed by atoms with Crippen LogP contribution in [0.1, 0.15) is 40.0 Å². The standard InChI is InChI=1S/C28H34FN7O.K/c1-20-15-22(5-6-23(20)18-36-13-11-34(3)12-14-36)28(37)33-24-7-8-27(29)26(16-24)21(2)30-9-10-31-25-17-32-35(4)19-25;/h5-8,10,15-17,19,21,30H,11-14,18H2,1-4H3,(H,33,37);/q-2;+1. The van der Waals surface area contributed by atoms with Gasteiger partial charge >= 0.3 is 51.4 Å². The van der Waals surface area contributed by atoms with Gasteiger partial charge in [-0.05, 0) is 62.4 Å². The minimum atomic E-state index is -0.381. The average molecular weight is 543 g/mol. The molecule has 4 rings (SSSR count). The first kappa shape index (κ1) is 30.5. The van der Waals surface area contributed by atoms with Gasteiger partial charge in [0.1, 0.15) is 5.82 Å². The van der Waals surface area contributed by atoms with Gasteiger partial charge in [-0.15, -0.1) is 6.20 Å². The molecule has 0 spiro atoms. The summed E-state index contributed by atoms with van der Waals surface area (Å²) < 4.78 is 16.2. The molecule has 1 unspecified atom stereocenters. The molecule has 2 aromatic carbocycles. The zero-order valence-corrected chi connectivity index (χ0v) is 26.0. The summed E-state index contributed by atoms with van der Waals surface area (Å²) in [5.41, 5.74) is 3.83. The Balaban J connectivity index is 0.00000400. The summed E-state index contributed by atoms with van der Waals surface area (Å²) in [6.07, 6.45) is 7.75. The second kappa shape index (κ2) is 14.4. The number of hydrogen-bond acceptors (Lipinski definition) is 6. The number of benzene rings is 2. The van der Waals surface area contributed by atoms with Crippen LogP contribution in [0.15, 0.2) is 60.0 Å². The van der Waals surface area contributed by atoms with Crippen molar-refractivity contribution < 1.29 is 60.6 Å². The summed E-state index contributed by atoms with van der Waals surface area (Å²) >= 11 is 0. The van der Waals surface area contributed by atoms with E-state index in [0.717, 1.165) is 38.3 Å². The number of aryl methyl sites for hydroxylation is 2. The molecule has 1 aliphatic rings. The largest absolute Gasteiger partial charge is 1.00 e. The number of likely N-dealkylation sites (N-methyl/N-ethyl adjacent to an activating group) is 1. The first-order valence-electron chi connectivity index (χ1n) is 12.4. The molecular formula is C28H34FKN7O-. The molecule has 0 bridgehead atoms. The summed E-state index contributed by atoms with van der Waals surface area (Å²) in [6.45, 7) is 8.98. The maximum Gasteiger partial charge on any atom is 1.00 e. The van der Waals surface area contributed by atoms with Gasteiger partial charge in [-0.1, -0.05) is 23.8 Å². The van der Waals surface area contributed by atoms with Crippen molar-refractivity contribution in [2.75, 3.05) is 38.5 Å². The normalized spacial score (nSPS) is 15.9. The Morgan fingerprint density at radius 1 is 1.21 bits per heavy atom. The van der Waals surface area contributed by atoms with Gasteiger partial charge in [0.15, 0.2) is 0 Å². The maximum atomic E-state index is 14.5. The van der Waals surface area contributed by atoms with Gasteiger partial charge < -0.3 is 31.4 Å². The predicted molar refractivity (Wildman–Crippen MR) is 142 cm³/mol. The summed E-state index contributed by atoms with van der Waals surface area (Å²) in [7, 11) is 3.96. The van der Waals surface area contributed by atoms with E-state index in [4.69, 9.17) is 0 Å². The third-order valence-corrected chi connectivity index (χ3v) is 6.58. The topological polar surface area (TPSA) is 77.8 Å². The minimum Gasteiger partial charge on any atom is -0.560 e. The number of amides is 1. The van der Waals surface area contributed by atoms with Crippen LogP contribution in [0.4, 0.5) is 10.1 Å². The molecule has 3 aromatic rings. The van der Waals surface area contributed by atoms with Crippen molar-refractivity contribution >= 4 is 11.6 Å². The Morgan fingerprint density at radius 3 is 2.66 bits per heavy atom. The quantitative estimate of drug-likeness (QED) is 0.240. The third-order valence-electron chi connectivity index (χ3n) is 6.58. The molecule has 2 heterocycles. The van der Waals surface area contributed by atoms with Gasteiger partial charge in [0.2, 0.25) is 0 Å². The van der Waals surface area contributed by atoms with Gasteiger partial charge in [0.25, 0.3) is 5.91 Å². The van der Waals surface area contributed by atoms with E-state index < -0.39 is 0 Å². The van der Waals surface area contributed by atoms with E-state index in [-0.39, 0.29) is 69.2 Å². The predicted octanol–water partition coefficient (Wildman–Crippen LogP) is 0.116. The molecule has 8 nitrogen and oxygen atoms in total. The molecule has 10 heteroatoms. The number of nitrogens with zero attached hydrogens (tertiary/aromatic N) is 5. The summed E-state index contributed by atoms with van der Waals surface area (Å²) in [4.78, 5) is 21.9. The van der Waals surface area contributed by atoms with Crippen LogP contribution in [0.2, 0.25) is 0 Å². The smallest absolute Gasteiger partial charge is 0.560 e. The summed E-state index contributed by atoms with van der Waals surface area (Å²) in [5.74, 6) is -0.595. The van der Waals surface area contributed by atoms with Gasteiger partial charge in [-0.25, -0.2) is 4.39 Å². The van der Waals surface area contributed by atoms with Crippen LogP contribution in [0.25, 0.3) is 0 Å². The fraction of sp³-hybridized carbons (Fsp3) is 0.357. The Bertz CT molecular complexity index is 1320. The number of hydrogen-bond donors (Lipinski definition) is 2. The van der Waals surface area contributed by atoms with Crippen LogP contribution >= 0.6 is 0 Å². The van der Waals surface area contributed by atoms with Crippen molar-refractivity contribution in [3.8, 4) is 0 Å². The third kappa shape index (κ3) is 8.47. The number of carbonyl (C=O) groups excluding carboxylic acids is 1. The van der Waals surface area contributed by atoms with Crippen molar-refractivity contribution in [3.05, 3.63) is 94.6 Å². The molecule has 1 atom stereocenters. The van der Waals surface area contributed by atoms with Crippen LogP contribution in [-0.2, 0) is 13.6 Å². The van der Waals surface area contributed by atoms with E-state index >= 15 is 0 Å². The summed E-state index contributed by atoms with van der Waals surface area (Å²) in [5, 5.41) is 10.6. The van der Waals surface area contributed by atoms with E-state index in [9.17, 15) is 9.18 Å². The maximum absolute atomic E-state index is 14.5. The Morgan fingerprint density at radius 2 is 1.97 bits per heavy atom. The van der Waals surface area contributed by atoms with Gasteiger partial charge in [-0.2, -0.15) is 0 Å². The molecule has 0 saturated carbocycles. The Kier molecular flexibility index (Phi) is 11.5. The van der Waals surface area contributed by atoms with Crippen LogP contribution < -0.4 is 67.4 Å². The molecule has 38 heavy (non-hydrogen) atoms. The molecule has 196 valence electrons. The Hall–Kier alpha value is -2.05. The van der Waals surface area contributed by atoms with E-state index in [1.165, 1.54) is 17.8 Å². The summed E-state index contributed by atoms with van der Waals surface area (Å²) in [6, 6.07) is 9.98. The van der Waals surface area contributed by atoms with Gasteiger partial charge in [0, 0.05) is 62.6 Å². The Labute approximate surface area is 266 Å². The van der Waals surface area contributed by atoms with E-state index in [1.807, 2.05) is 39.1 Å². The number of halogens is 1. The first-order chi connectivity index (χ1) is 17.8.